The molecule has 0 aliphatic rings. The van der Waals surface area contributed by atoms with E-state index in [2.05, 4.69) is 5.32 Å². The Morgan fingerprint density at radius 1 is 1.00 bits per heavy atom. The van der Waals surface area contributed by atoms with Gasteiger partial charge >= 0.3 is 0 Å². The van der Waals surface area contributed by atoms with Crippen LogP contribution in [0.2, 0.25) is 0 Å². The Kier molecular flexibility index (Phi) is 10.2. The molecule has 0 saturated heterocycles. The number of nitro benzene ring substituents is 1. The average molecular weight is 569 g/mol. The molecule has 2 amide bonds. The van der Waals surface area contributed by atoms with Gasteiger partial charge in [-0.15, -0.1) is 0 Å². The molecule has 0 aliphatic heterocycles. The lowest BCUT2D eigenvalue weighted by Crippen LogP contribution is -2.52. The van der Waals surface area contributed by atoms with Crippen LogP contribution in [0.1, 0.15) is 25.8 Å². The highest BCUT2D eigenvalue weighted by atomic mass is 32.2. The van der Waals surface area contributed by atoms with Gasteiger partial charge in [-0.2, -0.15) is 0 Å². The third kappa shape index (κ3) is 7.14. The first kappa shape index (κ1) is 30.1. The summed E-state index contributed by atoms with van der Waals surface area (Å²) < 4.78 is 33.6. The first-order chi connectivity index (χ1) is 19.1. The van der Waals surface area contributed by atoms with Crippen molar-refractivity contribution in [1.82, 2.24) is 10.2 Å². The normalized spacial score (nSPS) is 11.8. The predicted octanol–water partition coefficient (Wildman–Crippen LogP) is 3.74. The average Bonchev–Trinajstić information content (AvgIpc) is 2.96. The van der Waals surface area contributed by atoms with E-state index in [4.69, 9.17) is 4.74 Å². The molecule has 0 fully saturated rings. The number of hydrogen-bond donors (Lipinski definition) is 1. The smallest absolute Gasteiger partial charge is 0.271 e. The second-order valence-corrected chi connectivity index (χ2v) is 10.7. The number of carbonyl (C=O) groups is 2. The van der Waals surface area contributed by atoms with Crippen LogP contribution in [0.4, 0.5) is 11.4 Å². The van der Waals surface area contributed by atoms with Crippen LogP contribution in [0.25, 0.3) is 0 Å². The number of sulfonamides is 1. The summed E-state index contributed by atoms with van der Waals surface area (Å²) in [6.45, 7) is 3.20. The quantitative estimate of drug-likeness (QED) is 0.245. The molecule has 1 atom stereocenters. The van der Waals surface area contributed by atoms with Gasteiger partial charge in [-0.25, -0.2) is 8.42 Å². The van der Waals surface area contributed by atoms with Crippen molar-refractivity contribution in [3.8, 4) is 5.75 Å². The van der Waals surface area contributed by atoms with Gasteiger partial charge in [-0.3, -0.25) is 24.0 Å². The molecule has 0 bridgehead atoms. The van der Waals surface area contributed by atoms with Crippen LogP contribution >= 0.6 is 0 Å². The number of nitro groups is 1. The van der Waals surface area contributed by atoms with Crippen molar-refractivity contribution in [3.05, 3.63) is 94.5 Å². The monoisotopic (exact) mass is 568 g/mol. The van der Waals surface area contributed by atoms with Gasteiger partial charge in [-0.1, -0.05) is 43.3 Å². The van der Waals surface area contributed by atoms with Crippen molar-refractivity contribution < 1.29 is 27.7 Å². The van der Waals surface area contributed by atoms with Crippen molar-refractivity contribution in [2.45, 2.75) is 37.8 Å². The van der Waals surface area contributed by atoms with Crippen LogP contribution in [0.5, 0.6) is 5.75 Å². The van der Waals surface area contributed by atoms with E-state index < -0.39 is 33.4 Å². The number of methoxy groups -OCH3 is 1. The van der Waals surface area contributed by atoms with Crippen molar-refractivity contribution in [1.29, 1.82) is 0 Å². The van der Waals surface area contributed by atoms with Gasteiger partial charge in [0.15, 0.2) is 0 Å². The van der Waals surface area contributed by atoms with E-state index in [1.165, 1.54) is 42.3 Å². The summed E-state index contributed by atoms with van der Waals surface area (Å²) in [5, 5.41) is 14.2. The number of anilines is 1. The van der Waals surface area contributed by atoms with Crippen LogP contribution in [-0.4, -0.2) is 56.3 Å². The maximum absolute atomic E-state index is 13.9. The van der Waals surface area contributed by atoms with Crippen LogP contribution in [0, 0.1) is 10.1 Å². The molecule has 212 valence electrons. The van der Waals surface area contributed by atoms with E-state index in [9.17, 15) is 28.1 Å². The van der Waals surface area contributed by atoms with Crippen molar-refractivity contribution >= 4 is 33.2 Å². The zero-order chi connectivity index (χ0) is 29.3. The van der Waals surface area contributed by atoms with E-state index >= 15 is 0 Å². The van der Waals surface area contributed by atoms with Crippen LogP contribution < -0.4 is 14.4 Å². The fourth-order valence-corrected chi connectivity index (χ4v) is 5.58. The lowest BCUT2D eigenvalue weighted by Gasteiger charge is -2.33. The number of nitrogens with zero attached hydrogens (tertiary/aromatic N) is 3. The first-order valence-electron chi connectivity index (χ1n) is 12.6. The standard InChI is InChI=1S/C28H32N4O7S/c1-4-26(28(34)29-5-2)30(19-21-14-16-24(39-3)17-15-21)27(33)20-31(22-10-9-11-23(18-22)32(35)36)40(37,38)25-12-7-6-8-13-25/h6-18,26H,4-5,19-20H2,1-3H3,(H,29,34). The number of ether oxygens (including phenoxy) is 1. The fourth-order valence-electron chi connectivity index (χ4n) is 4.15. The zero-order valence-corrected chi connectivity index (χ0v) is 23.3. The molecule has 0 saturated carbocycles. The van der Waals surface area contributed by atoms with Crippen LogP contribution in [0.3, 0.4) is 0 Å². The Bertz CT molecular complexity index is 1430. The molecule has 11 nitrogen and oxygen atoms in total. The Morgan fingerprint density at radius 3 is 2.25 bits per heavy atom. The molecule has 40 heavy (non-hydrogen) atoms. The van der Waals surface area contributed by atoms with Gasteiger partial charge < -0.3 is 15.0 Å². The van der Waals surface area contributed by atoms with E-state index in [-0.39, 0.29) is 35.1 Å². The second kappa shape index (κ2) is 13.6. The van der Waals surface area contributed by atoms with Crippen molar-refractivity contribution in [2.24, 2.45) is 0 Å². The largest absolute Gasteiger partial charge is 0.497 e. The van der Waals surface area contributed by atoms with Gasteiger partial charge in [0.25, 0.3) is 15.7 Å². The highest BCUT2D eigenvalue weighted by molar-refractivity contribution is 7.92. The number of amides is 2. The zero-order valence-electron chi connectivity index (χ0n) is 22.5. The molecular formula is C28H32N4O7S. The van der Waals surface area contributed by atoms with E-state index in [0.29, 0.717) is 17.9 Å². The summed E-state index contributed by atoms with van der Waals surface area (Å²) in [5.41, 5.74) is 0.314. The summed E-state index contributed by atoms with van der Waals surface area (Å²) in [6.07, 6.45) is 0.274. The minimum atomic E-state index is -4.32. The molecular weight excluding hydrogens is 536 g/mol. The Balaban J connectivity index is 2.08. The van der Waals surface area contributed by atoms with Gasteiger partial charge in [0.2, 0.25) is 11.8 Å². The van der Waals surface area contributed by atoms with Crippen molar-refractivity contribution in [3.63, 3.8) is 0 Å². The summed E-state index contributed by atoms with van der Waals surface area (Å²) in [7, 11) is -2.79. The number of non-ortho nitro benzene ring substituents is 1. The summed E-state index contributed by atoms with van der Waals surface area (Å²) in [4.78, 5) is 39.0. The molecule has 0 aromatic heterocycles. The number of hydrogen-bond acceptors (Lipinski definition) is 7. The maximum atomic E-state index is 13.9. The predicted molar refractivity (Wildman–Crippen MR) is 150 cm³/mol. The summed E-state index contributed by atoms with van der Waals surface area (Å²) in [5.74, 6) is -0.414. The van der Waals surface area contributed by atoms with Gasteiger partial charge in [0.05, 0.1) is 22.6 Å². The number of rotatable bonds is 13. The Morgan fingerprint density at radius 2 is 1.68 bits per heavy atom. The lowest BCUT2D eigenvalue weighted by molar-refractivity contribution is -0.384. The van der Waals surface area contributed by atoms with E-state index in [0.717, 1.165) is 10.4 Å². The summed E-state index contributed by atoms with van der Waals surface area (Å²) >= 11 is 0. The minimum absolute atomic E-state index is 0.0205. The topological polar surface area (TPSA) is 139 Å². The maximum Gasteiger partial charge on any atom is 0.271 e. The molecule has 0 aliphatic carbocycles. The molecule has 1 unspecified atom stereocenters. The Hall–Kier alpha value is -4.45. The number of likely N-dealkylation sites (N-methyl/N-ethyl adjacent to an activating group) is 1. The molecule has 1 N–H and O–H groups in total. The second-order valence-electron chi connectivity index (χ2n) is 8.79. The molecule has 0 heterocycles. The third-order valence-corrected chi connectivity index (χ3v) is 7.98. The first-order valence-corrected chi connectivity index (χ1v) is 14.1. The minimum Gasteiger partial charge on any atom is -0.497 e. The van der Waals surface area contributed by atoms with Crippen LogP contribution in [-0.2, 0) is 26.2 Å². The molecule has 0 radical (unpaired) electrons. The summed E-state index contributed by atoms with van der Waals surface area (Å²) in [6, 6.07) is 18.6. The molecule has 0 spiro atoms. The van der Waals surface area contributed by atoms with Gasteiger partial charge in [0.1, 0.15) is 18.3 Å². The third-order valence-electron chi connectivity index (χ3n) is 6.19. The number of benzene rings is 3. The van der Waals surface area contributed by atoms with Gasteiger partial charge in [-0.05, 0) is 49.2 Å². The highest BCUT2D eigenvalue weighted by Crippen LogP contribution is 2.28. The lowest BCUT2D eigenvalue weighted by atomic mass is 10.1. The van der Waals surface area contributed by atoms with E-state index in [1.807, 2.05) is 0 Å². The van der Waals surface area contributed by atoms with E-state index in [1.54, 1.807) is 56.3 Å². The fraction of sp³-hybridized carbons (Fsp3) is 0.286. The number of carbonyl (C=O) groups excluding carboxylic acids is 2. The molecule has 12 heteroatoms. The number of nitrogens with one attached hydrogen (secondary N) is 1. The SMILES string of the molecule is CCNC(=O)C(CC)N(Cc1ccc(OC)cc1)C(=O)CN(c1cccc([N+](=O)[O-])c1)S(=O)(=O)c1ccccc1. The molecule has 3 aromatic rings. The van der Waals surface area contributed by atoms with Gasteiger partial charge in [0, 0.05) is 25.2 Å². The van der Waals surface area contributed by atoms with Crippen molar-refractivity contribution in [2.75, 3.05) is 24.5 Å². The molecule has 3 rings (SSSR count). The Labute approximate surface area is 233 Å². The molecule has 3 aromatic carbocycles. The highest BCUT2D eigenvalue weighted by Gasteiger charge is 2.34. The van der Waals surface area contributed by atoms with Crippen LogP contribution in [0.15, 0.2) is 83.8 Å².